The monoisotopic (exact) mass is 413 g/mol. The number of thioether (sulfide) groups is 1. The Morgan fingerprint density at radius 2 is 2.04 bits per heavy atom. The molecule has 27 heavy (non-hydrogen) atoms. The Kier molecular flexibility index (Phi) is 5.20. The highest BCUT2D eigenvalue weighted by atomic mass is 35.5. The van der Waals surface area contributed by atoms with E-state index >= 15 is 0 Å². The van der Waals surface area contributed by atoms with E-state index in [-0.39, 0.29) is 5.56 Å². The lowest BCUT2D eigenvalue weighted by Gasteiger charge is -2.07. The van der Waals surface area contributed by atoms with Crippen molar-refractivity contribution in [1.82, 2.24) is 9.97 Å². The average Bonchev–Trinajstić information content (AvgIpc) is 3.11. The Bertz CT molecular complexity index is 1170. The summed E-state index contributed by atoms with van der Waals surface area (Å²) in [6.45, 7) is 0.447. The highest BCUT2D eigenvalue weighted by molar-refractivity contribution is 7.98. The molecule has 0 spiro atoms. The molecule has 7 heteroatoms. The van der Waals surface area contributed by atoms with Gasteiger partial charge in [-0.15, -0.1) is 23.1 Å². The van der Waals surface area contributed by atoms with Gasteiger partial charge in [0.2, 0.25) is 0 Å². The van der Waals surface area contributed by atoms with Crippen LogP contribution in [0.4, 0.5) is 5.69 Å². The van der Waals surface area contributed by atoms with Gasteiger partial charge in [0.05, 0.1) is 11.9 Å². The van der Waals surface area contributed by atoms with Crippen molar-refractivity contribution < 1.29 is 0 Å². The molecular weight excluding hydrogens is 398 g/mol. The van der Waals surface area contributed by atoms with Gasteiger partial charge in [0.1, 0.15) is 10.7 Å². The van der Waals surface area contributed by atoms with Crippen LogP contribution in [0.15, 0.2) is 63.6 Å². The van der Waals surface area contributed by atoms with Gasteiger partial charge in [0.15, 0.2) is 0 Å². The van der Waals surface area contributed by atoms with Gasteiger partial charge >= 0.3 is 0 Å². The lowest BCUT2D eigenvalue weighted by Crippen LogP contribution is -2.14. The lowest BCUT2D eigenvalue weighted by atomic mass is 10.1. The minimum atomic E-state index is -0.147. The van der Waals surface area contributed by atoms with Gasteiger partial charge in [-0.2, -0.15) is 0 Å². The Labute approximate surface area is 169 Å². The van der Waals surface area contributed by atoms with Crippen molar-refractivity contribution >= 4 is 50.6 Å². The van der Waals surface area contributed by atoms with E-state index in [1.54, 1.807) is 11.8 Å². The third-order valence-corrected chi connectivity index (χ3v) is 6.11. The van der Waals surface area contributed by atoms with Gasteiger partial charge < -0.3 is 10.3 Å². The molecule has 0 aliphatic carbocycles. The Morgan fingerprint density at radius 1 is 1.19 bits per heavy atom. The Morgan fingerprint density at radius 3 is 2.85 bits per heavy atom. The third-order valence-electron chi connectivity index (χ3n) is 4.19. The summed E-state index contributed by atoms with van der Waals surface area (Å²) in [5.74, 6) is 0.606. The number of anilines is 1. The number of fused-ring (bicyclic) bond motifs is 1. The van der Waals surface area contributed by atoms with E-state index in [9.17, 15) is 4.79 Å². The number of halogens is 1. The second-order valence-electron chi connectivity index (χ2n) is 5.91. The fraction of sp³-hybridized carbons (Fsp3) is 0.100. The standard InChI is InChI=1S/C20H16ClN3OS2/c1-26-13-6-4-5-12(9-13)22-10-17-23-19(25)18-15(11-27-20(18)24-17)14-7-2-3-8-16(14)21/h2-9,11,22H,10H2,1H3,(H,23,24,25). The first-order valence-corrected chi connectivity index (χ1v) is 10.8. The minimum absolute atomic E-state index is 0.147. The zero-order valence-corrected chi connectivity index (χ0v) is 16.8. The number of benzene rings is 2. The van der Waals surface area contributed by atoms with Crippen LogP contribution in [0.25, 0.3) is 21.3 Å². The summed E-state index contributed by atoms with van der Waals surface area (Å²) in [4.78, 5) is 22.1. The average molecular weight is 414 g/mol. The van der Waals surface area contributed by atoms with E-state index in [1.807, 2.05) is 48.0 Å². The summed E-state index contributed by atoms with van der Waals surface area (Å²) >= 11 is 9.44. The molecule has 2 N–H and O–H groups in total. The maximum atomic E-state index is 12.7. The normalized spacial score (nSPS) is 11.0. The molecule has 0 bridgehead atoms. The van der Waals surface area contributed by atoms with Gasteiger partial charge in [-0.1, -0.05) is 35.9 Å². The molecule has 0 amide bonds. The molecule has 0 saturated heterocycles. The first kappa shape index (κ1) is 18.1. The van der Waals surface area contributed by atoms with Crippen LogP contribution >= 0.6 is 34.7 Å². The fourth-order valence-electron chi connectivity index (χ4n) is 2.87. The number of aromatic nitrogens is 2. The zero-order chi connectivity index (χ0) is 18.8. The molecule has 0 saturated carbocycles. The first-order chi connectivity index (χ1) is 13.2. The molecule has 0 aliphatic rings. The molecule has 4 rings (SSSR count). The number of H-pyrrole nitrogens is 1. The largest absolute Gasteiger partial charge is 0.378 e. The van der Waals surface area contributed by atoms with Gasteiger partial charge in [0, 0.05) is 32.1 Å². The molecule has 2 heterocycles. The minimum Gasteiger partial charge on any atom is -0.378 e. The molecule has 0 unspecified atom stereocenters. The second-order valence-corrected chi connectivity index (χ2v) is 8.05. The maximum absolute atomic E-state index is 12.7. The Balaban J connectivity index is 1.65. The smallest absolute Gasteiger partial charge is 0.260 e. The SMILES string of the molecule is CSc1cccc(NCc2nc3scc(-c4ccccc4Cl)c3c(=O)[nH]2)c1. The summed E-state index contributed by atoms with van der Waals surface area (Å²) in [7, 11) is 0. The van der Waals surface area contributed by atoms with Crippen molar-refractivity contribution in [2.75, 3.05) is 11.6 Å². The number of hydrogen-bond donors (Lipinski definition) is 2. The van der Waals surface area contributed by atoms with Crippen molar-refractivity contribution in [2.45, 2.75) is 11.4 Å². The zero-order valence-electron chi connectivity index (χ0n) is 14.5. The fourth-order valence-corrected chi connectivity index (χ4v) is 4.53. The highest BCUT2D eigenvalue weighted by Gasteiger charge is 2.14. The molecule has 4 nitrogen and oxygen atoms in total. The van der Waals surface area contributed by atoms with Crippen LogP contribution in [-0.4, -0.2) is 16.2 Å². The van der Waals surface area contributed by atoms with E-state index < -0.39 is 0 Å². The van der Waals surface area contributed by atoms with E-state index in [4.69, 9.17) is 11.6 Å². The van der Waals surface area contributed by atoms with Crippen molar-refractivity contribution in [2.24, 2.45) is 0 Å². The number of nitrogens with one attached hydrogen (secondary N) is 2. The number of thiophene rings is 1. The number of nitrogens with zero attached hydrogens (tertiary/aromatic N) is 1. The van der Waals surface area contributed by atoms with Gasteiger partial charge in [-0.05, 0) is 30.5 Å². The lowest BCUT2D eigenvalue weighted by molar-refractivity contribution is 0.956. The molecule has 0 fully saturated rings. The topological polar surface area (TPSA) is 57.8 Å². The van der Waals surface area contributed by atoms with Crippen LogP contribution in [0.5, 0.6) is 0 Å². The summed E-state index contributed by atoms with van der Waals surface area (Å²) < 4.78 is 0. The molecule has 0 atom stereocenters. The van der Waals surface area contributed by atoms with Crippen LogP contribution in [-0.2, 0) is 6.54 Å². The van der Waals surface area contributed by atoms with Crippen LogP contribution < -0.4 is 10.9 Å². The molecule has 2 aromatic heterocycles. The van der Waals surface area contributed by atoms with E-state index in [2.05, 4.69) is 27.4 Å². The van der Waals surface area contributed by atoms with Crippen molar-refractivity contribution in [3.05, 3.63) is 75.1 Å². The van der Waals surface area contributed by atoms with Crippen molar-refractivity contribution in [3.63, 3.8) is 0 Å². The molecule has 0 radical (unpaired) electrons. The first-order valence-electron chi connectivity index (χ1n) is 8.29. The quantitative estimate of drug-likeness (QED) is 0.416. The number of aromatic amines is 1. The molecule has 2 aromatic carbocycles. The van der Waals surface area contributed by atoms with Crippen molar-refractivity contribution in [3.8, 4) is 11.1 Å². The molecule has 136 valence electrons. The number of hydrogen-bond acceptors (Lipinski definition) is 5. The molecule has 4 aromatic rings. The maximum Gasteiger partial charge on any atom is 0.260 e. The van der Waals surface area contributed by atoms with Crippen LogP contribution in [0.3, 0.4) is 0 Å². The van der Waals surface area contributed by atoms with E-state index in [1.165, 1.54) is 16.2 Å². The molecular formula is C20H16ClN3OS2. The van der Waals surface area contributed by atoms with E-state index in [0.717, 1.165) is 16.8 Å². The van der Waals surface area contributed by atoms with Gasteiger partial charge in [-0.3, -0.25) is 4.79 Å². The predicted molar refractivity (Wildman–Crippen MR) is 116 cm³/mol. The molecule has 0 aliphatic heterocycles. The summed E-state index contributed by atoms with van der Waals surface area (Å²) in [6.07, 6.45) is 2.04. The highest BCUT2D eigenvalue weighted by Crippen LogP contribution is 2.34. The number of rotatable bonds is 5. The van der Waals surface area contributed by atoms with Crippen LogP contribution in [0.1, 0.15) is 5.82 Å². The Hall–Kier alpha value is -2.28. The van der Waals surface area contributed by atoms with Crippen LogP contribution in [0, 0.1) is 0 Å². The van der Waals surface area contributed by atoms with Crippen LogP contribution in [0.2, 0.25) is 5.02 Å². The van der Waals surface area contributed by atoms with Gasteiger partial charge in [0.25, 0.3) is 5.56 Å². The second kappa shape index (κ2) is 7.76. The third kappa shape index (κ3) is 3.74. The summed E-state index contributed by atoms with van der Waals surface area (Å²) in [5, 5.41) is 6.46. The van der Waals surface area contributed by atoms with E-state index in [0.29, 0.717) is 27.6 Å². The summed E-state index contributed by atoms with van der Waals surface area (Å²) in [6, 6.07) is 15.7. The van der Waals surface area contributed by atoms with Crippen molar-refractivity contribution in [1.29, 1.82) is 0 Å². The summed E-state index contributed by atoms with van der Waals surface area (Å²) in [5.41, 5.74) is 2.51. The van der Waals surface area contributed by atoms with Gasteiger partial charge in [-0.25, -0.2) is 4.98 Å². The predicted octanol–water partition coefficient (Wildman–Crippen LogP) is 5.64.